The van der Waals surface area contributed by atoms with Crippen molar-refractivity contribution in [2.75, 3.05) is 26.8 Å². The molecular weight excluding hydrogens is 408 g/mol. The molecule has 1 aromatic heterocycles. The summed E-state index contributed by atoms with van der Waals surface area (Å²) < 4.78 is 7.26. The zero-order valence-electron chi connectivity index (χ0n) is 17.3. The van der Waals surface area contributed by atoms with E-state index in [2.05, 4.69) is 17.1 Å². The molecule has 1 unspecified atom stereocenters. The van der Waals surface area contributed by atoms with Crippen molar-refractivity contribution in [3.8, 4) is 11.4 Å². The molecule has 1 amide bonds. The first kappa shape index (κ1) is 22.1. The quantitative estimate of drug-likeness (QED) is 0.454. The number of piperidine rings is 1. The number of nitrogens with zero attached hydrogens (tertiary/aromatic N) is 4. The molecule has 0 aliphatic carbocycles. The summed E-state index contributed by atoms with van der Waals surface area (Å²) in [5.41, 5.74) is 0.843. The van der Waals surface area contributed by atoms with Crippen LogP contribution in [0.5, 0.6) is 0 Å². The van der Waals surface area contributed by atoms with Gasteiger partial charge in [0.2, 0.25) is 5.91 Å². The van der Waals surface area contributed by atoms with Gasteiger partial charge in [0.1, 0.15) is 0 Å². The van der Waals surface area contributed by atoms with Gasteiger partial charge < -0.3 is 14.2 Å². The molecule has 0 radical (unpaired) electrons. The molecule has 1 atom stereocenters. The number of ether oxygens (including phenoxy) is 1. The van der Waals surface area contributed by atoms with Crippen LogP contribution in [0.1, 0.15) is 33.1 Å². The summed E-state index contributed by atoms with van der Waals surface area (Å²) in [6.07, 6.45) is 2.98. The maximum atomic E-state index is 12.9. The maximum absolute atomic E-state index is 12.9. The standard InChI is InChI=1S/C21H29ClN4O2S/c1-15-9-12-25(13-10-15)20(27)16(2)29-21-24-23-19(26(21)11-6-14-28-3)17-7-4-5-8-18(17)22/h4-5,7-8,15-16H,6,9-14H2,1-3H3. The van der Waals surface area contributed by atoms with Crippen LogP contribution in [0, 0.1) is 5.92 Å². The SMILES string of the molecule is COCCCn1c(SC(C)C(=O)N2CCC(C)CC2)nnc1-c1ccccc1Cl. The van der Waals surface area contributed by atoms with Gasteiger partial charge in [0.05, 0.1) is 10.3 Å². The van der Waals surface area contributed by atoms with Crippen LogP contribution in [0.15, 0.2) is 29.4 Å². The lowest BCUT2D eigenvalue weighted by atomic mass is 9.99. The third-order valence-corrected chi connectivity index (χ3v) is 6.68. The van der Waals surface area contributed by atoms with E-state index in [1.807, 2.05) is 40.7 Å². The highest BCUT2D eigenvalue weighted by Gasteiger charge is 2.27. The number of carbonyl (C=O) groups excluding carboxylic acids is 1. The second kappa shape index (κ2) is 10.5. The van der Waals surface area contributed by atoms with Crippen LogP contribution in [-0.4, -0.2) is 57.6 Å². The number of rotatable bonds is 8. The van der Waals surface area contributed by atoms with Gasteiger partial charge in [-0.3, -0.25) is 4.79 Å². The second-order valence-corrected chi connectivity index (χ2v) is 9.27. The number of amides is 1. The van der Waals surface area contributed by atoms with E-state index in [0.717, 1.165) is 48.9 Å². The minimum Gasteiger partial charge on any atom is -0.385 e. The first-order valence-electron chi connectivity index (χ1n) is 10.1. The first-order chi connectivity index (χ1) is 14.0. The number of carbonyl (C=O) groups is 1. The van der Waals surface area contributed by atoms with Crippen molar-refractivity contribution in [1.29, 1.82) is 0 Å². The highest BCUT2D eigenvalue weighted by molar-refractivity contribution is 8.00. The second-order valence-electron chi connectivity index (χ2n) is 7.55. The Bertz CT molecular complexity index is 821. The van der Waals surface area contributed by atoms with Gasteiger partial charge in [0.15, 0.2) is 11.0 Å². The average Bonchev–Trinajstić information content (AvgIpc) is 3.11. The predicted molar refractivity (Wildman–Crippen MR) is 117 cm³/mol. The normalized spacial score (nSPS) is 16.2. The molecule has 8 heteroatoms. The highest BCUT2D eigenvalue weighted by atomic mass is 35.5. The Morgan fingerprint density at radius 1 is 1.31 bits per heavy atom. The molecular formula is C21H29ClN4O2S. The van der Waals surface area contributed by atoms with E-state index in [-0.39, 0.29) is 11.2 Å². The van der Waals surface area contributed by atoms with E-state index in [1.54, 1.807) is 7.11 Å². The summed E-state index contributed by atoms with van der Waals surface area (Å²) >= 11 is 7.86. The maximum Gasteiger partial charge on any atom is 0.235 e. The molecule has 1 aliphatic heterocycles. The number of thioether (sulfide) groups is 1. The van der Waals surface area contributed by atoms with Gasteiger partial charge in [-0.2, -0.15) is 0 Å². The summed E-state index contributed by atoms with van der Waals surface area (Å²) in [5, 5.41) is 9.96. The molecule has 0 saturated carbocycles. The largest absolute Gasteiger partial charge is 0.385 e. The van der Waals surface area contributed by atoms with Crippen molar-refractivity contribution in [2.24, 2.45) is 5.92 Å². The Kier molecular flexibility index (Phi) is 7.98. The number of methoxy groups -OCH3 is 1. The molecule has 1 saturated heterocycles. The van der Waals surface area contributed by atoms with Crippen molar-refractivity contribution in [3.63, 3.8) is 0 Å². The van der Waals surface area contributed by atoms with Crippen LogP contribution < -0.4 is 0 Å². The third-order valence-electron chi connectivity index (χ3n) is 5.29. The summed E-state index contributed by atoms with van der Waals surface area (Å²) in [6.45, 7) is 7.23. The van der Waals surface area contributed by atoms with Crippen molar-refractivity contribution >= 4 is 29.3 Å². The summed E-state index contributed by atoms with van der Waals surface area (Å²) in [4.78, 5) is 14.9. The number of aromatic nitrogens is 3. The van der Waals surface area contributed by atoms with Gasteiger partial charge in [-0.05, 0) is 44.2 Å². The van der Waals surface area contributed by atoms with Crippen LogP contribution in [0.2, 0.25) is 5.02 Å². The monoisotopic (exact) mass is 436 g/mol. The van der Waals surface area contributed by atoms with Gasteiger partial charge in [0, 0.05) is 38.9 Å². The lowest BCUT2D eigenvalue weighted by Gasteiger charge is -2.32. The van der Waals surface area contributed by atoms with Crippen molar-refractivity contribution in [3.05, 3.63) is 29.3 Å². The van der Waals surface area contributed by atoms with E-state index in [0.29, 0.717) is 24.1 Å². The van der Waals surface area contributed by atoms with Gasteiger partial charge in [-0.25, -0.2) is 0 Å². The number of halogens is 1. The molecule has 3 rings (SSSR count). The first-order valence-corrected chi connectivity index (χ1v) is 11.4. The zero-order valence-corrected chi connectivity index (χ0v) is 18.9. The summed E-state index contributed by atoms with van der Waals surface area (Å²) in [5.74, 6) is 1.59. The molecule has 158 valence electrons. The zero-order chi connectivity index (χ0) is 20.8. The molecule has 0 bridgehead atoms. The fourth-order valence-corrected chi connectivity index (χ4v) is 4.66. The Labute approximate surface area is 182 Å². The molecule has 2 aromatic rings. The molecule has 1 aliphatic rings. The van der Waals surface area contributed by atoms with Crippen LogP contribution in [0.4, 0.5) is 0 Å². The van der Waals surface area contributed by atoms with Crippen molar-refractivity contribution in [1.82, 2.24) is 19.7 Å². The van der Waals surface area contributed by atoms with Crippen molar-refractivity contribution < 1.29 is 9.53 Å². The lowest BCUT2D eigenvalue weighted by Crippen LogP contribution is -2.41. The molecule has 29 heavy (non-hydrogen) atoms. The van der Waals surface area contributed by atoms with Crippen LogP contribution >= 0.6 is 23.4 Å². The Balaban J connectivity index is 1.79. The molecule has 1 fully saturated rings. The number of hydrogen-bond donors (Lipinski definition) is 0. The van der Waals surface area contributed by atoms with Crippen LogP contribution in [0.3, 0.4) is 0 Å². The van der Waals surface area contributed by atoms with E-state index < -0.39 is 0 Å². The van der Waals surface area contributed by atoms with Gasteiger partial charge in [-0.15, -0.1) is 10.2 Å². The van der Waals surface area contributed by atoms with Crippen molar-refractivity contribution in [2.45, 2.75) is 50.1 Å². The van der Waals surface area contributed by atoms with E-state index in [1.165, 1.54) is 11.8 Å². The molecule has 0 spiro atoms. The average molecular weight is 437 g/mol. The van der Waals surface area contributed by atoms with Gasteiger partial charge >= 0.3 is 0 Å². The molecule has 0 N–H and O–H groups in total. The van der Waals surface area contributed by atoms with E-state index in [9.17, 15) is 4.79 Å². The lowest BCUT2D eigenvalue weighted by molar-refractivity contribution is -0.131. The Hall–Kier alpha value is -1.57. The summed E-state index contributed by atoms with van der Waals surface area (Å²) in [7, 11) is 1.69. The van der Waals surface area contributed by atoms with E-state index >= 15 is 0 Å². The number of hydrogen-bond acceptors (Lipinski definition) is 5. The molecule has 1 aromatic carbocycles. The fraction of sp³-hybridized carbons (Fsp3) is 0.571. The fourth-order valence-electron chi connectivity index (χ4n) is 3.48. The van der Waals surface area contributed by atoms with Gasteiger partial charge in [0.25, 0.3) is 0 Å². The number of likely N-dealkylation sites (tertiary alicyclic amines) is 1. The third kappa shape index (κ3) is 5.53. The summed E-state index contributed by atoms with van der Waals surface area (Å²) in [6, 6.07) is 7.62. The highest BCUT2D eigenvalue weighted by Crippen LogP contribution is 2.31. The predicted octanol–water partition coefficient (Wildman–Crippen LogP) is 4.37. The Morgan fingerprint density at radius 2 is 2.03 bits per heavy atom. The molecule has 2 heterocycles. The smallest absolute Gasteiger partial charge is 0.235 e. The van der Waals surface area contributed by atoms with Crippen LogP contribution in [-0.2, 0) is 16.1 Å². The minimum atomic E-state index is -0.215. The number of benzene rings is 1. The topological polar surface area (TPSA) is 60.2 Å². The Morgan fingerprint density at radius 3 is 2.72 bits per heavy atom. The minimum absolute atomic E-state index is 0.174. The molecule has 6 nitrogen and oxygen atoms in total. The van der Waals surface area contributed by atoms with Crippen LogP contribution in [0.25, 0.3) is 11.4 Å². The van der Waals surface area contributed by atoms with Gasteiger partial charge in [-0.1, -0.05) is 42.4 Å². The van der Waals surface area contributed by atoms with E-state index in [4.69, 9.17) is 16.3 Å².